The Bertz CT molecular complexity index is 6150. The number of halogens is 3. The van der Waals surface area contributed by atoms with Crippen LogP contribution in [0.3, 0.4) is 0 Å². The van der Waals surface area contributed by atoms with Crippen molar-refractivity contribution in [3.63, 3.8) is 0 Å². The first-order chi connectivity index (χ1) is 53.3. The Morgan fingerprint density at radius 3 is 1.45 bits per heavy atom. The first-order valence-electron chi connectivity index (χ1n) is 36.6. The van der Waals surface area contributed by atoms with Crippen LogP contribution in [-0.4, -0.2) is 138 Å². The van der Waals surface area contributed by atoms with E-state index in [-0.39, 0.29) is 52.9 Å². The Morgan fingerprint density at radius 2 is 1.05 bits per heavy atom. The molecule has 1 unspecified atom stereocenters. The van der Waals surface area contributed by atoms with Crippen LogP contribution in [0.25, 0.3) is 116 Å². The number of nitrogens with zero attached hydrogens (tertiary/aromatic N) is 10. The Morgan fingerprint density at radius 1 is 0.595 bits per heavy atom. The van der Waals surface area contributed by atoms with E-state index < -0.39 is 18.0 Å². The molecule has 17 rings (SSSR count). The highest BCUT2D eigenvalue weighted by molar-refractivity contribution is 7.69. The van der Waals surface area contributed by atoms with E-state index in [2.05, 4.69) is 124 Å². The number of nitriles is 1. The van der Waals surface area contributed by atoms with Crippen molar-refractivity contribution in [1.82, 2.24) is 64.4 Å². The van der Waals surface area contributed by atoms with E-state index in [4.69, 9.17) is 18.9 Å². The van der Waals surface area contributed by atoms with E-state index >= 15 is 0 Å². The van der Waals surface area contributed by atoms with Crippen LogP contribution in [0.1, 0.15) is 94.3 Å². The number of aromatic amines is 3. The molecule has 25 heteroatoms. The number of methoxy groups -OCH3 is 3. The number of rotatable bonds is 20. The summed E-state index contributed by atoms with van der Waals surface area (Å²) < 4.78 is 85.5. The van der Waals surface area contributed by atoms with Gasteiger partial charge in [0.15, 0.2) is 5.78 Å². The van der Waals surface area contributed by atoms with Crippen LogP contribution in [-0.2, 0) is 39.8 Å². The minimum absolute atomic E-state index is 0.00303. The van der Waals surface area contributed by atoms with Gasteiger partial charge in [0, 0.05) is 162 Å². The highest BCUT2D eigenvalue weighted by Gasteiger charge is 2.38. The van der Waals surface area contributed by atoms with Crippen LogP contribution in [0, 0.1) is 34.7 Å². The van der Waals surface area contributed by atoms with Gasteiger partial charge in [-0.05, 0) is 146 Å². The van der Waals surface area contributed by atoms with Gasteiger partial charge in [-0.2, -0.15) is 25.7 Å². The molecular formula is C86H84F3N14O7P. The third-order valence-corrected chi connectivity index (χ3v) is 22.4. The lowest BCUT2D eigenvalue weighted by atomic mass is 9.82. The SMILES string of the molecule is COCC(C)(C)c1c(-c2ccc(C(=O)CC3CNC(=O)C3)cc2)c2cc3[nH]ncc3cc2n1-c1ccc(F)cc1.COCC(C)(C)c1c(-c2cnn(C3COC3)c2)c2cc3[nH]ncc3cc2n1-c1ccc(F)cc1.COc1nc(P(C)(C)=O)ccc1-c1c(C(C)(C)CC#N)n(-c2ccc(F)cc2)c2cc3cn[nH]c3cc12. The van der Waals surface area contributed by atoms with Crippen molar-refractivity contribution >= 4 is 89.7 Å². The number of ketones is 1. The number of hydrogen-bond acceptors (Lipinski definition) is 13. The molecule has 0 radical (unpaired) electrons. The van der Waals surface area contributed by atoms with Gasteiger partial charge < -0.3 is 42.5 Å². The summed E-state index contributed by atoms with van der Waals surface area (Å²) in [6.07, 6.45) is 10.4. The second-order valence-electron chi connectivity index (χ2n) is 31.0. The number of nitrogens with one attached hydrogen (secondary N) is 4. The van der Waals surface area contributed by atoms with Gasteiger partial charge in [0.05, 0.1) is 104 Å². The highest BCUT2D eigenvalue weighted by Crippen LogP contribution is 2.50. The molecule has 2 saturated heterocycles. The number of pyridine rings is 1. The molecule has 8 aromatic heterocycles. The van der Waals surface area contributed by atoms with E-state index in [1.165, 1.54) is 43.5 Å². The van der Waals surface area contributed by atoms with Gasteiger partial charge in [0.1, 0.15) is 30.0 Å². The number of fused-ring (bicyclic) bond motifs is 6. The Balaban J connectivity index is 0.000000132. The maximum absolute atomic E-state index is 14.0. The molecule has 15 aromatic rings. The number of H-pyrrole nitrogens is 3. The first kappa shape index (κ1) is 74.7. The fourth-order valence-electron chi connectivity index (χ4n) is 15.8. The zero-order chi connectivity index (χ0) is 78.0. The van der Waals surface area contributed by atoms with E-state index in [1.54, 1.807) is 70.3 Å². The zero-order valence-electron chi connectivity index (χ0n) is 63.5. The van der Waals surface area contributed by atoms with Gasteiger partial charge in [0.25, 0.3) is 0 Å². The Labute approximate surface area is 638 Å². The monoisotopic (exact) mass is 1510 g/mol. The molecule has 2 aliphatic rings. The summed E-state index contributed by atoms with van der Waals surface area (Å²) in [6, 6.07) is 45.9. The Hall–Kier alpha value is -11.7. The number of aromatic nitrogens is 12. The molecule has 1 amide bonds. The smallest absolute Gasteiger partial charge is 0.221 e. The van der Waals surface area contributed by atoms with Crippen LogP contribution in [0.15, 0.2) is 177 Å². The van der Waals surface area contributed by atoms with Crippen LogP contribution < -0.4 is 15.5 Å². The lowest BCUT2D eigenvalue weighted by Crippen LogP contribution is -2.30. The molecule has 0 spiro atoms. The fourth-order valence-corrected chi connectivity index (χ4v) is 16.6. The first-order valence-corrected chi connectivity index (χ1v) is 39.2. The highest BCUT2D eigenvalue weighted by atomic mass is 31.2. The molecule has 1 atom stereocenters. The van der Waals surface area contributed by atoms with Gasteiger partial charge in [-0.15, -0.1) is 0 Å². The predicted molar refractivity (Wildman–Crippen MR) is 427 cm³/mol. The van der Waals surface area contributed by atoms with Gasteiger partial charge in [-0.3, -0.25) is 29.6 Å². The standard InChI is InChI=1S/C32H31FN4O3.C28H27FN5O2P.C26H26FN5O2/c1-32(2,18-40-3)31-30(21-6-4-20(5-7-21)28(38)12-19-13-29(39)34-16-19)25-15-26-22(17-35-36-26)14-27(25)37(31)24-10-8-23(33)9-11-24;1-28(2,12-13-30)26-25(20-10-11-24(37(4,5)35)32-27(20)36-3)21-15-22-17(16-31-33-22)14-23(21)34(26)19-8-6-18(29)7-9-19;1-26(2,15-33-3)25-24(17-11-29-31(12-17)20-13-34-14-20)21-9-22-16(10-28-30-22)8-23(21)32(25)19-6-4-18(27)5-7-19/h4-11,14-15,17,19H,12-13,16,18H2,1-3H3,(H,34,39)(H,35,36);6-11,14-16H,12H2,1-5H3,(H,31,33);4-12,20H,13-15H2,1-3H3,(H,28,30). The lowest BCUT2D eigenvalue weighted by molar-refractivity contribution is -0.119. The number of hydrogen-bond donors (Lipinski definition) is 4. The van der Waals surface area contributed by atoms with Crippen LogP contribution >= 0.6 is 7.14 Å². The molecule has 2 fully saturated rings. The van der Waals surface area contributed by atoms with Crippen molar-refractivity contribution in [3.05, 3.63) is 217 Å². The molecule has 566 valence electrons. The lowest BCUT2D eigenvalue weighted by Gasteiger charge is -2.28. The largest absolute Gasteiger partial charge is 0.481 e. The maximum Gasteiger partial charge on any atom is 0.221 e. The summed E-state index contributed by atoms with van der Waals surface area (Å²) in [4.78, 5) is 29.2. The predicted octanol–water partition coefficient (Wildman–Crippen LogP) is 17.1. The Kier molecular flexibility index (Phi) is 19.9. The average Bonchev–Trinajstić information content (AvgIpc) is 1.54. The van der Waals surface area contributed by atoms with Crippen molar-refractivity contribution in [2.45, 2.75) is 83.1 Å². The van der Waals surface area contributed by atoms with Gasteiger partial charge in [-0.25, -0.2) is 18.2 Å². The molecule has 2 aliphatic heterocycles. The van der Waals surface area contributed by atoms with Crippen molar-refractivity contribution in [1.29, 1.82) is 5.26 Å². The van der Waals surface area contributed by atoms with Crippen molar-refractivity contribution in [2.75, 3.05) is 67.6 Å². The number of carbonyl (C=O) groups is 2. The zero-order valence-corrected chi connectivity index (χ0v) is 64.4. The summed E-state index contributed by atoms with van der Waals surface area (Å²) in [5.74, 6) is -0.484. The summed E-state index contributed by atoms with van der Waals surface area (Å²) >= 11 is 0. The van der Waals surface area contributed by atoms with Gasteiger partial charge in [0.2, 0.25) is 11.8 Å². The minimum atomic E-state index is -2.63. The van der Waals surface area contributed by atoms with Crippen LogP contribution in [0.5, 0.6) is 5.88 Å². The summed E-state index contributed by atoms with van der Waals surface area (Å²) in [5.41, 5.74) is 16.4. The maximum atomic E-state index is 14.0. The van der Waals surface area contributed by atoms with Crippen molar-refractivity contribution < 1.29 is 46.3 Å². The fraction of sp³-hybridized carbons (Fsp3) is 0.279. The molecule has 111 heavy (non-hydrogen) atoms. The van der Waals surface area contributed by atoms with Crippen LogP contribution in [0.2, 0.25) is 0 Å². The normalized spacial score (nSPS) is 14.3. The second-order valence-corrected chi connectivity index (χ2v) is 34.2. The summed E-state index contributed by atoms with van der Waals surface area (Å²) in [7, 11) is 2.32. The number of benzene rings is 7. The van der Waals surface area contributed by atoms with Gasteiger partial charge in [-0.1, -0.05) is 65.8 Å². The summed E-state index contributed by atoms with van der Waals surface area (Å²) in [6.45, 7) is 18.9. The molecule has 10 heterocycles. The molecule has 0 saturated carbocycles. The third kappa shape index (κ3) is 14.2. The van der Waals surface area contributed by atoms with Crippen molar-refractivity contribution in [2.24, 2.45) is 5.92 Å². The molecular weight excluding hydrogens is 1430 g/mol. The van der Waals surface area contributed by atoms with E-state index in [0.717, 1.165) is 127 Å². The quantitative estimate of drug-likeness (QED) is 0.0409. The van der Waals surface area contributed by atoms with E-state index in [9.17, 15) is 32.6 Å². The van der Waals surface area contributed by atoms with Crippen molar-refractivity contribution in [3.8, 4) is 62.4 Å². The average molecular weight is 1510 g/mol. The summed E-state index contributed by atoms with van der Waals surface area (Å²) in [5, 5.41) is 45.0. The number of Topliss-reactive ketones (excluding diaryl/α,β-unsaturated/α-hetero) is 1. The topological polar surface area (TPSA) is 255 Å². The van der Waals surface area contributed by atoms with Crippen LogP contribution in [0.4, 0.5) is 13.2 Å². The van der Waals surface area contributed by atoms with E-state index in [0.29, 0.717) is 68.3 Å². The number of ether oxygens (including phenoxy) is 4. The molecule has 0 bridgehead atoms. The molecule has 7 aromatic carbocycles. The van der Waals surface area contributed by atoms with Gasteiger partial charge >= 0.3 is 0 Å². The number of carbonyl (C=O) groups excluding carboxylic acids is 2. The minimum Gasteiger partial charge on any atom is -0.481 e. The third-order valence-electron chi connectivity index (χ3n) is 21.1. The number of amides is 1. The molecule has 4 N–H and O–H groups in total. The molecule has 21 nitrogen and oxygen atoms in total. The van der Waals surface area contributed by atoms with E-state index in [1.807, 2.05) is 85.5 Å². The molecule has 0 aliphatic carbocycles. The second kappa shape index (κ2) is 29.6.